The van der Waals surface area contributed by atoms with Crippen LogP contribution in [0.15, 0.2) is 0 Å². The Morgan fingerprint density at radius 1 is 1.50 bits per heavy atom. The van der Waals surface area contributed by atoms with Crippen molar-refractivity contribution in [2.45, 2.75) is 31.9 Å². The van der Waals surface area contributed by atoms with Gasteiger partial charge in [-0.2, -0.15) is 0 Å². The van der Waals surface area contributed by atoms with Gasteiger partial charge in [-0.25, -0.2) is 0 Å². The first-order valence-corrected chi connectivity index (χ1v) is 7.05. The molecule has 0 aromatic carbocycles. The van der Waals surface area contributed by atoms with Crippen molar-refractivity contribution in [3.63, 3.8) is 0 Å². The first kappa shape index (κ1) is 14.1. The van der Waals surface area contributed by atoms with Crippen LogP contribution in [0.2, 0.25) is 0 Å². The molecule has 5 heteroatoms. The molecule has 3 N–H and O–H groups in total. The van der Waals surface area contributed by atoms with E-state index in [4.69, 9.17) is 5.73 Å². The normalized spacial score (nSPS) is 11.4. The van der Waals surface area contributed by atoms with E-state index >= 15 is 0 Å². The van der Waals surface area contributed by atoms with Crippen molar-refractivity contribution < 1.29 is 4.79 Å². The summed E-state index contributed by atoms with van der Waals surface area (Å²) in [5.41, 5.74) is 5.40. The number of carbonyl (C=O) groups is 1. The fourth-order valence-corrected chi connectivity index (χ4v) is 3.27. The largest absolute Gasteiger partial charge is 0.355 e. The summed E-state index contributed by atoms with van der Waals surface area (Å²) in [5.74, 6) is 1.11. The van der Waals surface area contributed by atoms with Gasteiger partial charge in [0, 0.05) is 24.0 Å². The second kappa shape index (κ2) is 7.43. The minimum absolute atomic E-state index is 0.0330. The molecule has 0 atom stereocenters. The van der Waals surface area contributed by atoms with E-state index in [0.29, 0.717) is 6.54 Å². The third kappa shape index (κ3) is 8.72. The number of nitrogens with two attached hydrogens (primary N) is 1. The Kier molecular flexibility index (Phi) is 7.49. The number of carbonyl (C=O) groups excluding carboxylic acids is 1. The molecule has 0 aliphatic heterocycles. The SMILES string of the molecule is CC(=O)NCC(C)(C)SSCCCN. The van der Waals surface area contributed by atoms with Crippen LogP contribution in [-0.4, -0.2) is 29.5 Å². The second-order valence-corrected chi connectivity index (χ2v) is 6.84. The molecule has 0 heterocycles. The van der Waals surface area contributed by atoms with E-state index in [-0.39, 0.29) is 10.7 Å². The summed E-state index contributed by atoms with van der Waals surface area (Å²) in [4.78, 5) is 10.7. The molecular formula is C9H20N2OS2. The number of hydrogen-bond donors (Lipinski definition) is 2. The Hall–Kier alpha value is 0.130. The van der Waals surface area contributed by atoms with E-state index in [1.54, 1.807) is 6.92 Å². The maximum atomic E-state index is 10.7. The lowest BCUT2D eigenvalue weighted by molar-refractivity contribution is -0.119. The van der Waals surface area contributed by atoms with Crippen molar-refractivity contribution in [3.05, 3.63) is 0 Å². The quantitative estimate of drug-likeness (QED) is 0.521. The summed E-state index contributed by atoms with van der Waals surface area (Å²) in [6.07, 6.45) is 1.05. The number of hydrogen-bond acceptors (Lipinski definition) is 4. The maximum absolute atomic E-state index is 10.7. The van der Waals surface area contributed by atoms with Gasteiger partial charge in [-0.3, -0.25) is 4.79 Å². The Labute approximate surface area is 94.4 Å². The molecule has 3 nitrogen and oxygen atoms in total. The third-order valence-corrected chi connectivity index (χ3v) is 4.86. The molecule has 0 saturated heterocycles. The van der Waals surface area contributed by atoms with Crippen LogP contribution < -0.4 is 11.1 Å². The molecule has 1 amide bonds. The van der Waals surface area contributed by atoms with Crippen LogP contribution in [0.25, 0.3) is 0 Å². The van der Waals surface area contributed by atoms with Gasteiger partial charge in [-0.05, 0) is 26.8 Å². The lowest BCUT2D eigenvalue weighted by Gasteiger charge is -2.23. The highest BCUT2D eigenvalue weighted by Crippen LogP contribution is 2.35. The molecular weight excluding hydrogens is 216 g/mol. The first-order chi connectivity index (χ1) is 6.48. The lowest BCUT2D eigenvalue weighted by atomic mass is 10.2. The van der Waals surface area contributed by atoms with Crippen LogP contribution in [0.1, 0.15) is 27.2 Å². The zero-order chi connectivity index (χ0) is 11.0. The van der Waals surface area contributed by atoms with E-state index in [1.807, 2.05) is 21.6 Å². The summed E-state index contributed by atoms with van der Waals surface area (Å²) < 4.78 is 0.0882. The molecule has 0 aromatic heterocycles. The van der Waals surface area contributed by atoms with Crippen LogP contribution >= 0.6 is 21.6 Å². The average Bonchev–Trinajstić information content (AvgIpc) is 2.10. The van der Waals surface area contributed by atoms with Crippen LogP contribution in [0, 0.1) is 0 Å². The maximum Gasteiger partial charge on any atom is 0.216 e. The zero-order valence-electron chi connectivity index (χ0n) is 9.13. The average molecular weight is 236 g/mol. The Bertz CT molecular complexity index is 174. The molecule has 0 spiro atoms. The highest BCUT2D eigenvalue weighted by atomic mass is 33.1. The van der Waals surface area contributed by atoms with Crippen molar-refractivity contribution in [3.8, 4) is 0 Å². The number of nitrogens with one attached hydrogen (secondary N) is 1. The van der Waals surface area contributed by atoms with Gasteiger partial charge in [0.1, 0.15) is 0 Å². The molecule has 0 aliphatic carbocycles. The van der Waals surface area contributed by atoms with Crippen LogP contribution in [0.3, 0.4) is 0 Å². The topological polar surface area (TPSA) is 55.1 Å². The van der Waals surface area contributed by atoms with E-state index < -0.39 is 0 Å². The minimum Gasteiger partial charge on any atom is -0.355 e. The van der Waals surface area contributed by atoms with Crippen molar-refractivity contribution in [1.82, 2.24) is 5.32 Å². The van der Waals surface area contributed by atoms with Gasteiger partial charge in [0.2, 0.25) is 5.91 Å². The zero-order valence-corrected chi connectivity index (χ0v) is 10.8. The van der Waals surface area contributed by atoms with Gasteiger partial charge in [0.15, 0.2) is 0 Å². The molecule has 0 saturated carbocycles. The summed E-state index contributed by atoms with van der Waals surface area (Å²) in [6.45, 7) is 7.26. The van der Waals surface area contributed by atoms with E-state index in [2.05, 4.69) is 19.2 Å². The Balaban J connectivity index is 3.55. The molecule has 0 aromatic rings. The van der Waals surface area contributed by atoms with Gasteiger partial charge in [0.25, 0.3) is 0 Å². The molecule has 0 radical (unpaired) electrons. The van der Waals surface area contributed by atoms with Crippen LogP contribution in [0.4, 0.5) is 0 Å². The molecule has 0 rings (SSSR count). The van der Waals surface area contributed by atoms with E-state index in [1.165, 1.54) is 0 Å². The molecule has 0 aliphatic rings. The summed E-state index contributed by atoms with van der Waals surface area (Å²) in [7, 11) is 3.63. The number of rotatable bonds is 7. The fraction of sp³-hybridized carbons (Fsp3) is 0.889. The second-order valence-electron chi connectivity index (χ2n) is 3.72. The van der Waals surface area contributed by atoms with Crippen molar-refractivity contribution in [1.29, 1.82) is 0 Å². The fourth-order valence-electron chi connectivity index (χ4n) is 0.710. The van der Waals surface area contributed by atoms with Gasteiger partial charge in [0.05, 0.1) is 0 Å². The van der Waals surface area contributed by atoms with Crippen molar-refractivity contribution in [2.75, 3.05) is 18.8 Å². The highest BCUT2D eigenvalue weighted by molar-refractivity contribution is 8.77. The smallest absolute Gasteiger partial charge is 0.216 e. The van der Waals surface area contributed by atoms with Crippen molar-refractivity contribution >= 4 is 27.5 Å². The van der Waals surface area contributed by atoms with E-state index in [0.717, 1.165) is 18.7 Å². The van der Waals surface area contributed by atoms with E-state index in [9.17, 15) is 4.79 Å². The summed E-state index contributed by atoms with van der Waals surface area (Å²) in [6, 6.07) is 0. The Morgan fingerprint density at radius 2 is 2.14 bits per heavy atom. The van der Waals surface area contributed by atoms with Crippen molar-refractivity contribution in [2.24, 2.45) is 5.73 Å². The Morgan fingerprint density at radius 3 is 2.64 bits per heavy atom. The molecule has 0 unspecified atom stereocenters. The number of amides is 1. The van der Waals surface area contributed by atoms with Crippen LogP contribution in [-0.2, 0) is 4.79 Å². The predicted octanol–water partition coefficient (Wildman–Crippen LogP) is 1.63. The minimum atomic E-state index is 0.0330. The standard InChI is InChI=1S/C9H20N2OS2/c1-8(12)11-7-9(2,3)14-13-6-4-5-10/h4-7,10H2,1-3H3,(H,11,12). The molecule has 0 fully saturated rings. The first-order valence-electron chi connectivity index (χ1n) is 4.73. The molecule has 14 heavy (non-hydrogen) atoms. The van der Waals surface area contributed by atoms with Gasteiger partial charge >= 0.3 is 0 Å². The lowest BCUT2D eigenvalue weighted by Crippen LogP contribution is -2.34. The van der Waals surface area contributed by atoms with Gasteiger partial charge < -0.3 is 11.1 Å². The van der Waals surface area contributed by atoms with Crippen LogP contribution in [0.5, 0.6) is 0 Å². The third-order valence-electron chi connectivity index (χ3n) is 1.48. The van der Waals surface area contributed by atoms with Gasteiger partial charge in [-0.1, -0.05) is 21.6 Å². The predicted molar refractivity (Wildman–Crippen MR) is 66.5 cm³/mol. The summed E-state index contributed by atoms with van der Waals surface area (Å²) in [5, 5.41) is 2.83. The summed E-state index contributed by atoms with van der Waals surface area (Å²) >= 11 is 0. The van der Waals surface area contributed by atoms with Gasteiger partial charge in [-0.15, -0.1) is 0 Å². The highest BCUT2D eigenvalue weighted by Gasteiger charge is 2.18. The molecule has 0 bridgehead atoms. The monoisotopic (exact) mass is 236 g/mol. The molecule has 84 valence electrons.